The molecule has 1 aliphatic rings. The van der Waals surface area contributed by atoms with Crippen molar-refractivity contribution in [1.82, 2.24) is 0 Å². The van der Waals surface area contributed by atoms with Crippen LogP contribution >= 0.6 is 0 Å². The molecule has 3 nitrogen and oxygen atoms in total. The Balaban J connectivity index is 0.000000222. The third-order valence-electron chi connectivity index (χ3n) is 0.906. The quantitative estimate of drug-likeness (QED) is 0.445. The average molecular weight is 119 g/mol. The molecule has 0 amide bonds. The molecule has 0 aromatic carbocycles. The Bertz CT molecular complexity index is 43.7. The molecule has 0 aliphatic carbocycles. The van der Waals surface area contributed by atoms with E-state index in [9.17, 15) is 0 Å². The van der Waals surface area contributed by atoms with Gasteiger partial charge in [-0.05, 0) is 13.5 Å². The van der Waals surface area contributed by atoms with Crippen molar-refractivity contribution in [3.8, 4) is 0 Å². The molecule has 0 radical (unpaired) electrons. The van der Waals surface area contributed by atoms with Gasteiger partial charge < -0.3 is 15.6 Å². The van der Waals surface area contributed by atoms with Gasteiger partial charge in [0, 0.05) is 6.61 Å². The zero-order valence-corrected chi connectivity index (χ0v) is 5.13. The van der Waals surface area contributed by atoms with E-state index in [0.29, 0.717) is 6.61 Å². The van der Waals surface area contributed by atoms with Crippen molar-refractivity contribution in [3.63, 3.8) is 0 Å². The molecule has 1 atom stereocenters. The van der Waals surface area contributed by atoms with Gasteiger partial charge in [-0.15, -0.1) is 0 Å². The summed E-state index contributed by atoms with van der Waals surface area (Å²) in [5.74, 6) is 0. The predicted octanol–water partition coefficient (Wildman–Crippen LogP) is -0.658. The zero-order valence-electron chi connectivity index (χ0n) is 5.13. The van der Waals surface area contributed by atoms with E-state index in [1.807, 2.05) is 0 Å². The maximum Gasteiger partial charge on any atom is 0.0795 e. The number of aliphatic hydroxyl groups is 1. The maximum absolute atomic E-state index is 8.60. The van der Waals surface area contributed by atoms with E-state index in [2.05, 4.69) is 5.73 Å². The van der Waals surface area contributed by atoms with E-state index < -0.39 is 0 Å². The van der Waals surface area contributed by atoms with Crippen LogP contribution in [0.25, 0.3) is 0 Å². The SMILES string of the molecule is CN.OC1CCOC1. The summed E-state index contributed by atoms with van der Waals surface area (Å²) in [6.45, 7) is 1.28. The van der Waals surface area contributed by atoms with E-state index >= 15 is 0 Å². The van der Waals surface area contributed by atoms with Crippen molar-refractivity contribution in [2.24, 2.45) is 5.73 Å². The Morgan fingerprint density at radius 3 is 2.38 bits per heavy atom. The molecule has 1 heterocycles. The third kappa shape index (κ3) is 2.96. The average Bonchev–Trinajstić information content (AvgIpc) is 2.24. The number of hydrogen-bond acceptors (Lipinski definition) is 3. The molecule has 1 aliphatic heterocycles. The van der Waals surface area contributed by atoms with Crippen molar-refractivity contribution in [2.75, 3.05) is 20.3 Å². The fraction of sp³-hybridized carbons (Fsp3) is 1.00. The van der Waals surface area contributed by atoms with Gasteiger partial charge in [0.15, 0.2) is 0 Å². The highest BCUT2D eigenvalue weighted by Gasteiger charge is 2.09. The van der Waals surface area contributed by atoms with Crippen LogP contribution in [0.2, 0.25) is 0 Å². The molecule has 0 spiro atoms. The van der Waals surface area contributed by atoms with Crippen LogP contribution in [0.3, 0.4) is 0 Å². The Morgan fingerprint density at radius 2 is 2.25 bits per heavy atom. The maximum atomic E-state index is 8.60. The number of hydrogen-bond donors (Lipinski definition) is 2. The first-order chi connectivity index (χ1) is 3.89. The Morgan fingerprint density at radius 1 is 1.62 bits per heavy atom. The molecule has 1 saturated heterocycles. The second-order valence-corrected chi connectivity index (χ2v) is 1.52. The highest BCUT2D eigenvalue weighted by Crippen LogP contribution is 2.00. The van der Waals surface area contributed by atoms with Crippen molar-refractivity contribution in [3.05, 3.63) is 0 Å². The van der Waals surface area contributed by atoms with Gasteiger partial charge in [0.05, 0.1) is 12.7 Å². The van der Waals surface area contributed by atoms with Crippen LogP contribution in [0.5, 0.6) is 0 Å². The van der Waals surface area contributed by atoms with E-state index in [0.717, 1.165) is 13.0 Å². The van der Waals surface area contributed by atoms with Gasteiger partial charge in [0.2, 0.25) is 0 Å². The predicted molar refractivity (Wildman–Crippen MR) is 31.6 cm³/mol. The minimum Gasteiger partial charge on any atom is -0.391 e. The summed E-state index contributed by atoms with van der Waals surface area (Å²) in [4.78, 5) is 0. The molecule has 50 valence electrons. The second kappa shape index (κ2) is 5.03. The standard InChI is InChI=1S/C4H8O2.CH5N/c5-4-1-2-6-3-4;1-2/h4-5H,1-3H2;2H2,1H3. The van der Waals surface area contributed by atoms with Crippen LogP contribution in [0, 0.1) is 0 Å². The molecule has 0 aromatic rings. The number of aliphatic hydroxyl groups excluding tert-OH is 1. The summed E-state index contributed by atoms with van der Waals surface area (Å²) in [6, 6.07) is 0. The van der Waals surface area contributed by atoms with Crippen molar-refractivity contribution in [2.45, 2.75) is 12.5 Å². The van der Waals surface area contributed by atoms with Gasteiger partial charge in [0.25, 0.3) is 0 Å². The highest BCUT2D eigenvalue weighted by molar-refractivity contribution is 4.58. The normalized spacial score (nSPS) is 26.6. The van der Waals surface area contributed by atoms with Crippen LogP contribution in [-0.2, 0) is 4.74 Å². The van der Waals surface area contributed by atoms with Gasteiger partial charge >= 0.3 is 0 Å². The molecular formula is C5H13NO2. The van der Waals surface area contributed by atoms with Gasteiger partial charge in [-0.1, -0.05) is 0 Å². The second-order valence-electron chi connectivity index (χ2n) is 1.52. The largest absolute Gasteiger partial charge is 0.391 e. The third-order valence-corrected chi connectivity index (χ3v) is 0.906. The zero-order chi connectivity index (χ0) is 6.41. The topological polar surface area (TPSA) is 55.5 Å². The highest BCUT2D eigenvalue weighted by atomic mass is 16.5. The number of ether oxygens (including phenoxy) is 1. The van der Waals surface area contributed by atoms with Crippen LogP contribution in [0.15, 0.2) is 0 Å². The Hall–Kier alpha value is -0.120. The molecule has 0 saturated carbocycles. The van der Waals surface area contributed by atoms with Crippen LogP contribution < -0.4 is 5.73 Å². The fourth-order valence-corrected chi connectivity index (χ4v) is 0.522. The summed E-state index contributed by atoms with van der Waals surface area (Å²) >= 11 is 0. The lowest BCUT2D eigenvalue weighted by atomic mass is 10.3. The van der Waals surface area contributed by atoms with Gasteiger partial charge in [-0.2, -0.15) is 0 Å². The van der Waals surface area contributed by atoms with Crippen molar-refractivity contribution in [1.29, 1.82) is 0 Å². The lowest BCUT2D eigenvalue weighted by Crippen LogP contribution is -2.02. The molecule has 0 bridgehead atoms. The minimum absolute atomic E-state index is 0.176. The van der Waals surface area contributed by atoms with Crippen molar-refractivity contribution >= 4 is 0 Å². The summed E-state index contributed by atoms with van der Waals surface area (Å²) in [5, 5.41) is 8.60. The van der Waals surface area contributed by atoms with E-state index in [1.54, 1.807) is 0 Å². The number of nitrogens with two attached hydrogens (primary N) is 1. The lowest BCUT2D eigenvalue weighted by Gasteiger charge is -1.89. The molecule has 1 fully saturated rings. The van der Waals surface area contributed by atoms with E-state index in [-0.39, 0.29) is 6.10 Å². The Kier molecular flexibility index (Phi) is 4.95. The van der Waals surface area contributed by atoms with Gasteiger partial charge in [-0.25, -0.2) is 0 Å². The summed E-state index contributed by atoms with van der Waals surface area (Å²) in [6.07, 6.45) is 0.644. The summed E-state index contributed by atoms with van der Waals surface area (Å²) in [7, 11) is 1.50. The molecule has 1 unspecified atom stereocenters. The molecule has 1 rings (SSSR count). The molecule has 3 N–H and O–H groups in total. The first-order valence-electron chi connectivity index (χ1n) is 2.73. The van der Waals surface area contributed by atoms with Crippen LogP contribution in [0.1, 0.15) is 6.42 Å². The van der Waals surface area contributed by atoms with Crippen LogP contribution in [-0.4, -0.2) is 31.5 Å². The van der Waals surface area contributed by atoms with Crippen LogP contribution in [0.4, 0.5) is 0 Å². The molecule has 3 heteroatoms. The Labute approximate surface area is 49.4 Å². The molecular weight excluding hydrogens is 106 g/mol. The first kappa shape index (κ1) is 7.88. The van der Waals surface area contributed by atoms with E-state index in [1.165, 1.54) is 7.05 Å². The first-order valence-corrected chi connectivity index (χ1v) is 2.73. The molecule has 8 heavy (non-hydrogen) atoms. The monoisotopic (exact) mass is 119 g/mol. The smallest absolute Gasteiger partial charge is 0.0795 e. The van der Waals surface area contributed by atoms with Gasteiger partial charge in [0.1, 0.15) is 0 Å². The lowest BCUT2D eigenvalue weighted by molar-refractivity contribution is 0.127. The van der Waals surface area contributed by atoms with Gasteiger partial charge in [-0.3, -0.25) is 0 Å². The minimum atomic E-state index is -0.176. The molecule has 0 aromatic heterocycles. The number of rotatable bonds is 0. The summed E-state index contributed by atoms with van der Waals surface area (Å²) in [5.41, 5.74) is 4.50. The van der Waals surface area contributed by atoms with E-state index in [4.69, 9.17) is 9.84 Å². The fourth-order valence-electron chi connectivity index (χ4n) is 0.522. The van der Waals surface area contributed by atoms with Crippen molar-refractivity contribution < 1.29 is 9.84 Å². The summed E-state index contributed by atoms with van der Waals surface area (Å²) < 4.78 is 4.81.